The van der Waals surface area contributed by atoms with Crippen LogP contribution in [-0.2, 0) is 9.59 Å². The van der Waals surface area contributed by atoms with Gasteiger partial charge < -0.3 is 0 Å². The first-order valence-electron chi connectivity index (χ1n) is 9.33. The molecule has 0 radical (unpaired) electrons. The Kier molecular flexibility index (Phi) is 4.89. The van der Waals surface area contributed by atoms with Gasteiger partial charge in [-0.05, 0) is 17.5 Å². The molecule has 2 amide bonds. The fourth-order valence-electron chi connectivity index (χ4n) is 3.51. The Hall–Kier alpha value is -3.48. The molecule has 2 aromatic carbocycles. The number of hydrogen-bond donors (Lipinski definition) is 2. The van der Waals surface area contributed by atoms with Crippen molar-refractivity contribution < 1.29 is 9.59 Å². The highest BCUT2D eigenvalue weighted by Crippen LogP contribution is 2.30. The molecule has 2 heterocycles. The molecule has 7 nitrogen and oxygen atoms in total. The maximum atomic E-state index is 12.8. The normalized spacial score (nSPS) is 16.8. The highest BCUT2D eigenvalue weighted by Gasteiger charge is 2.30. The first kappa shape index (κ1) is 17.9. The SMILES string of the molecule is CCC(C(=O)Nc1nc2n(n1)C(c1ccccc1)CC(=O)N2)c1ccccc1. The molecule has 0 spiro atoms. The summed E-state index contributed by atoms with van der Waals surface area (Å²) in [6.07, 6.45) is 0.933. The Morgan fingerprint density at radius 1 is 1.18 bits per heavy atom. The van der Waals surface area contributed by atoms with Gasteiger partial charge in [0.05, 0.1) is 18.4 Å². The van der Waals surface area contributed by atoms with E-state index in [1.807, 2.05) is 67.6 Å². The number of fused-ring (bicyclic) bond motifs is 1. The van der Waals surface area contributed by atoms with Crippen LogP contribution in [0.3, 0.4) is 0 Å². The molecule has 4 rings (SSSR count). The number of amides is 2. The minimum atomic E-state index is -0.291. The molecule has 7 heteroatoms. The Morgan fingerprint density at radius 2 is 1.86 bits per heavy atom. The number of rotatable bonds is 5. The first-order valence-corrected chi connectivity index (χ1v) is 9.33. The number of carbonyl (C=O) groups excluding carboxylic acids is 2. The standard InChI is InChI=1S/C21H21N5O2/c1-2-16(14-9-5-3-6-10-14)19(28)23-20-24-21-22-18(27)13-17(26(21)25-20)15-11-7-4-8-12-15/h3-12,16-17H,2,13H2,1H3,(H2,22,23,24,25,27,28). The van der Waals surface area contributed by atoms with E-state index in [4.69, 9.17) is 0 Å². The third-order valence-corrected chi connectivity index (χ3v) is 4.90. The molecule has 0 aliphatic carbocycles. The topological polar surface area (TPSA) is 88.9 Å². The molecule has 2 N–H and O–H groups in total. The average molecular weight is 375 g/mol. The molecule has 0 fully saturated rings. The molecule has 1 aliphatic heterocycles. The van der Waals surface area contributed by atoms with Crippen molar-refractivity contribution in [1.82, 2.24) is 14.8 Å². The minimum absolute atomic E-state index is 0.123. The van der Waals surface area contributed by atoms with Crippen LogP contribution < -0.4 is 10.6 Å². The maximum absolute atomic E-state index is 12.8. The van der Waals surface area contributed by atoms with E-state index in [0.29, 0.717) is 12.4 Å². The van der Waals surface area contributed by atoms with Gasteiger partial charge >= 0.3 is 0 Å². The van der Waals surface area contributed by atoms with Gasteiger partial charge in [0.25, 0.3) is 5.95 Å². The summed E-state index contributed by atoms with van der Waals surface area (Å²) in [6.45, 7) is 1.97. The van der Waals surface area contributed by atoms with E-state index in [0.717, 1.165) is 11.1 Å². The fraction of sp³-hybridized carbons (Fsp3) is 0.238. The zero-order chi connectivity index (χ0) is 19.5. The summed E-state index contributed by atoms with van der Waals surface area (Å²) >= 11 is 0. The Balaban J connectivity index is 1.59. The van der Waals surface area contributed by atoms with Crippen molar-refractivity contribution in [3.63, 3.8) is 0 Å². The summed E-state index contributed by atoms with van der Waals surface area (Å²) in [5.74, 6) is -0.0477. The van der Waals surface area contributed by atoms with Gasteiger partial charge in [-0.3, -0.25) is 20.2 Å². The Labute approximate surface area is 162 Å². The highest BCUT2D eigenvalue weighted by molar-refractivity contribution is 5.95. The lowest BCUT2D eigenvalue weighted by atomic mass is 9.96. The number of anilines is 2. The van der Waals surface area contributed by atoms with Crippen LogP contribution in [0, 0.1) is 0 Å². The largest absolute Gasteiger partial charge is 0.295 e. The lowest BCUT2D eigenvalue weighted by Gasteiger charge is -2.23. The molecule has 2 atom stereocenters. The molecule has 0 saturated carbocycles. The van der Waals surface area contributed by atoms with Crippen LogP contribution in [0.15, 0.2) is 60.7 Å². The van der Waals surface area contributed by atoms with Gasteiger partial charge in [-0.25, -0.2) is 4.68 Å². The maximum Gasteiger partial charge on any atom is 0.250 e. The Bertz CT molecular complexity index is 985. The van der Waals surface area contributed by atoms with Crippen molar-refractivity contribution in [2.45, 2.75) is 31.7 Å². The quantitative estimate of drug-likeness (QED) is 0.716. The van der Waals surface area contributed by atoms with E-state index >= 15 is 0 Å². The van der Waals surface area contributed by atoms with Gasteiger partial charge in [0.1, 0.15) is 0 Å². The Morgan fingerprint density at radius 3 is 2.54 bits per heavy atom. The summed E-state index contributed by atoms with van der Waals surface area (Å²) in [7, 11) is 0. The second-order valence-corrected chi connectivity index (χ2v) is 6.74. The third kappa shape index (κ3) is 3.51. The van der Waals surface area contributed by atoms with Crippen LogP contribution in [0.4, 0.5) is 11.9 Å². The number of nitrogens with one attached hydrogen (secondary N) is 2. The molecule has 3 aromatic rings. The number of hydrogen-bond acceptors (Lipinski definition) is 4. The zero-order valence-electron chi connectivity index (χ0n) is 15.5. The van der Waals surface area contributed by atoms with Gasteiger partial charge in [-0.2, -0.15) is 4.98 Å². The fourth-order valence-corrected chi connectivity index (χ4v) is 3.51. The predicted octanol–water partition coefficient (Wildman–Crippen LogP) is 3.34. The summed E-state index contributed by atoms with van der Waals surface area (Å²) in [4.78, 5) is 29.2. The molecule has 0 saturated heterocycles. The van der Waals surface area contributed by atoms with E-state index in [2.05, 4.69) is 20.7 Å². The van der Waals surface area contributed by atoms with Crippen LogP contribution in [0.2, 0.25) is 0 Å². The van der Waals surface area contributed by atoms with E-state index in [1.165, 1.54) is 0 Å². The van der Waals surface area contributed by atoms with Gasteiger partial charge in [0.2, 0.25) is 17.8 Å². The average Bonchev–Trinajstić information content (AvgIpc) is 3.11. The lowest BCUT2D eigenvalue weighted by Crippen LogP contribution is -2.29. The molecular weight excluding hydrogens is 354 g/mol. The second-order valence-electron chi connectivity index (χ2n) is 6.74. The monoisotopic (exact) mass is 375 g/mol. The van der Waals surface area contributed by atoms with E-state index in [1.54, 1.807) is 4.68 Å². The van der Waals surface area contributed by atoms with E-state index in [-0.39, 0.29) is 36.1 Å². The molecule has 142 valence electrons. The second kappa shape index (κ2) is 7.64. The molecule has 2 unspecified atom stereocenters. The van der Waals surface area contributed by atoms with Crippen LogP contribution in [0.5, 0.6) is 0 Å². The summed E-state index contributed by atoms with van der Waals surface area (Å²) < 4.78 is 1.66. The van der Waals surface area contributed by atoms with Crippen molar-refractivity contribution >= 4 is 23.7 Å². The van der Waals surface area contributed by atoms with Gasteiger partial charge in [0.15, 0.2) is 0 Å². The van der Waals surface area contributed by atoms with Gasteiger partial charge in [-0.1, -0.05) is 67.6 Å². The smallest absolute Gasteiger partial charge is 0.250 e. The summed E-state index contributed by atoms with van der Waals surface area (Å²) in [5.41, 5.74) is 1.92. The first-order chi connectivity index (χ1) is 13.7. The number of aromatic nitrogens is 3. The zero-order valence-corrected chi connectivity index (χ0v) is 15.5. The minimum Gasteiger partial charge on any atom is -0.295 e. The molecule has 28 heavy (non-hydrogen) atoms. The van der Waals surface area contributed by atoms with Crippen molar-refractivity contribution in [3.05, 3.63) is 71.8 Å². The third-order valence-electron chi connectivity index (χ3n) is 4.90. The van der Waals surface area contributed by atoms with Crippen molar-refractivity contribution in [3.8, 4) is 0 Å². The number of carbonyl (C=O) groups is 2. The van der Waals surface area contributed by atoms with E-state index in [9.17, 15) is 9.59 Å². The predicted molar refractivity (Wildman–Crippen MR) is 106 cm³/mol. The molecule has 0 bridgehead atoms. The lowest BCUT2D eigenvalue weighted by molar-refractivity contribution is -0.118. The van der Waals surface area contributed by atoms with Gasteiger partial charge in [-0.15, -0.1) is 5.10 Å². The van der Waals surface area contributed by atoms with Crippen LogP contribution in [0.25, 0.3) is 0 Å². The molecule has 1 aliphatic rings. The molecular formula is C21H21N5O2. The summed E-state index contributed by atoms with van der Waals surface area (Å²) in [6, 6.07) is 19.1. The summed E-state index contributed by atoms with van der Waals surface area (Å²) in [5, 5.41) is 9.98. The van der Waals surface area contributed by atoms with Crippen LogP contribution >= 0.6 is 0 Å². The number of benzene rings is 2. The van der Waals surface area contributed by atoms with Crippen LogP contribution in [-0.4, -0.2) is 26.6 Å². The van der Waals surface area contributed by atoms with Crippen molar-refractivity contribution in [2.75, 3.05) is 10.6 Å². The van der Waals surface area contributed by atoms with Crippen LogP contribution in [0.1, 0.15) is 42.9 Å². The van der Waals surface area contributed by atoms with E-state index < -0.39 is 0 Å². The van der Waals surface area contributed by atoms with Gasteiger partial charge in [0, 0.05) is 0 Å². The number of nitrogens with zero attached hydrogens (tertiary/aromatic N) is 3. The van der Waals surface area contributed by atoms with Crippen molar-refractivity contribution in [2.24, 2.45) is 0 Å². The highest BCUT2D eigenvalue weighted by atomic mass is 16.2. The molecule has 1 aromatic heterocycles. The van der Waals surface area contributed by atoms with Crippen molar-refractivity contribution in [1.29, 1.82) is 0 Å².